The predicted molar refractivity (Wildman–Crippen MR) is 240 cm³/mol. The molecule has 0 amide bonds. The zero-order valence-corrected chi connectivity index (χ0v) is 36.5. The number of hydrogen-bond acceptors (Lipinski definition) is 11. The molecule has 0 aliphatic carbocycles. The van der Waals surface area contributed by atoms with Gasteiger partial charge in [0.05, 0.1) is 25.3 Å². The van der Waals surface area contributed by atoms with Crippen molar-refractivity contribution in [2.24, 2.45) is 0 Å². The molecule has 0 spiro atoms. The van der Waals surface area contributed by atoms with E-state index in [9.17, 15) is 31.1 Å². The van der Waals surface area contributed by atoms with E-state index in [4.69, 9.17) is 38.4 Å². The number of alkyl halides is 6. The summed E-state index contributed by atoms with van der Waals surface area (Å²) in [6.45, 7) is 2.44. The fourth-order valence-electron chi connectivity index (χ4n) is 7.57. The highest BCUT2D eigenvalue weighted by molar-refractivity contribution is 5.95. The van der Waals surface area contributed by atoms with Crippen LogP contribution in [0.5, 0.6) is 34.5 Å². The molecule has 8 aromatic rings. The number of rotatable bonds is 14. The van der Waals surface area contributed by atoms with Crippen LogP contribution in [0.2, 0.25) is 0 Å². The van der Waals surface area contributed by atoms with Crippen LogP contribution in [-0.4, -0.2) is 56.7 Å². The number of pyridine rings is 2. The minimum Gasteiger partial charge on any atom is -0.497 e. The number of fused-ring (bicyclic) bond motifs is 2. The van der Waals surface area contributed by atoms with Crippen molar-refractivity contribution in [3.8, 4) is 79.0 Å². The highest BCUT2D eigenvalue weighted by atomic mass is 19.4. The van der Waals surface area contributed by atoms with E-state index in [-0.39, 0.29) is 11.5 Å². The molecule has 0 saturated carbocycles. The number of hydrogen-bond donors (Lipinski definition) is 0. The number of ether oxygens (including phenoxy) is 8. The summed E-state index contributed by atoms with van der Waals surface area (Å²) in [5.41, 5.74) is 7.58. The second kappa shape index (κ2) is 19.3. The summed E-state index contributed by atoms with van der Waals surface area (Å²) >= 11 is 0. The first-order valence-corrected chi connectivity index (χ1v) is 20.5. The zero-order chi connectivity index (χ0) is 48.2. The molecule has 68 heavy (non-hydrogen) atoms. The highest BCUT2D eigenvalue weighted by Crippen LogP contribution is 2.42. The van der Waals surface area contributed by atoms with Crippen LogP contribution >= 0.6 is 0 Å². The van der Waals surface area contributed by atoms with E-state index < -0.39 is 32.5 Å². The van der Waals surface area contributed by atoms with Gasteiger partial charge in [-0.3, -0.25) is 9.97 Å². The van der Waals surface area contributed by atoms with E-state index in [0.29, 0.717) is 89.6 Å². The van der Waals surface area contributed by atoms with E-state index in [2.05, 4.69) is 9.47 Å². The Morgan fingerprint density at radius 1 is 0.456 bits per heavy atom. The maximum atomic E-state index is 13.1. The maximum Gasteiger partial charge on any atom is 0.573 e. The number of nitrogens with zero attached hydrogens (tertiary/aromatic N) is 2. The smallest absolute Gasteiger partial charge is 0.497 e. The van der Waals surface area contributed by atoms with Gasteiger partial charge in [-0.25, -0.2) is 4.79 Å². The second-order valence-corrected chi connectivity index (χ2v) is 14.9. The van der Waals surface area contributed by atoms with Gasteiger partial charge in [-0.05, 0) is 95.8 Å². The number of benzene rings is 6. The van der Waals surface area contributed by atoms with Gasteiger partial charge in [0.2, 0.25) is 13.6 Å². The van der Waals surface area contributed by atoms with Crippen molar-refractivity contribution >= 4 is 28.0 Å². The lowest BCUT2D eigenvalue weighted by Gasteiger charge is -2.18. The summed E-state index contributed by atoms with van der Waals surface area (Å²) < 4.78 is 118. The standard InChI is InChI=1S/C51H38F6N2O9/c1-29-45(35-9-5-31(6-10-35)33-13-17-37(18-14-33)67-50(52,53)54)47(41-23-21-39(61-3)25-43(41)58-29)63-27-65-49(60)66-28-64-48-42-24-22-40(62-4)26-44(42)59-30(2)46(48)36-11-7-32(8-12-36)34-15-19-38(20-16-34)68-51(55,56)57/h5-26H,27-28H2,1-4H3. The Morgan fingerprint density at radius 2 is 0.765 bits per heavy atom. The summed E-state index contributed by atoms with van der Waals surface area (Å²) in [5, 5.41) is 1.17. The Balaban J connectivity index is 0.990. The van der Waals surface area contributed by atoms with Crippen molar-refractivity contribution in [2.75, 3.05) is 27.8 Å². The van der Waals surface area contributed by atoms with Gasteiger partial charge in [0.1, 0.15) is 34.5 Å². The molecular formula is C51H38F6N2O9. The number of methoxy groups -OCH3 is 2. The third-order valence-corrected chi connectivity index (χ3v) is 10.6. The summed E-state index contributed by atoms with van der Waals surface area (Å²) in [6, 6.07) is 36.0. The molecule has 0 bridgehead atoms. The van der Waals surface area contributed by atoms with E-state index in [0.717, 1.165) is 11.1 Å². The zero-order valence-electron chi connectivity index (χ0n) is 36.5. The quantitative estimate of drug-likeness (QED) is 0.0589. The fraction of sp³-hybridized carbons (Fsp3) is 0.157. The number of carbonyl (C=O) groups is 1. The topological polar surface area (TPSA) is 117 Å². The third-order valence-electron chi connectivity index (χ3n) is 10.6. The third kappa shape index (κ3) is 10.7. The van der Waals surface area contributed by atoms with Crippen LogP contribution < -0.4 is 28.4 Å². The monoisotopic (exact) mass is 936 g/mol. The second-order valence-electron chi connectivity index (χ2n) is 14.9. The van der Waals surface area contributed by atoms with Gasteiger partial charge in [0.25, 0.3) is 0 Å². The van der Waals surface area contributed by atoms with Crippen molar-refractivity contribution in [3.63, 3.8) is 0 Å². The van der Waals surface area contributed by atoms with Gasteiger partial charge in [-0.1, -0.05) is 72.8 Å². The van der Waals surface area contributed by atoms with Crippen LogP contribution in [0.25, 0.3) is 66.3 Å². The molecule has 0 radical (unpaired) electrons. The van der Waals surface area contributed by atoms with Crippen molar-refractivity contribution in [3.05, 3.63) is 145 Å². The van der Waals surface area contributed by atoms with Gasteiger partial charge < -0.3 is 37.9 Å². The first-order chi connectivity index (χ1) is 32.6. The van der Waals surface area contributed by atoms with Crippen molar-refractivity contribution in [1.82, 2.24) is 9.97 Å². The SMILES string of the molecule is COc1ccc2c(OCOC(=O)OCOc3c(-c4ccc(-c5ccc(OC(F)(F)F)cc5)cc4)c(C)nc4cc(OC)ccc34)c(-c3ccc(-c4ccc(OC(F)(F)F)cc4)cc3)c(C)nc2c1. The number of aromatic nitrogens is 2. The Hall–Kier alpha value is -8.21. The molecule has 0 atom stereocenters. The van der Waals surface area contributed by atoms with E-state index in [1.54, 1.807) is 74.5 Å². The van der Waals surface area contributed by atoms with Crippen LogP contribution in [0, 0.1) is 13.8 Å². The van der Waals surface area contributed by atoms with Gasteiger partial charge >= 0.3 is 18.9 Å². The van der Waals surface area contributed by atoms with Crippen molar-refractivity contribution in [2.45, 2.75) is 26.6 Å². The molecule has 0 unspecified atom stereocenters. The molecule has 17 heteroatoms. The Morgan fingerprint density at radius 3 is 1.09 bits per heavy atom. The molecule has 0 aliphatic heterocycles. The molecule has 2 heterocycles. The average Bonchev–Trinajstić information content (AvgIpc) is 3.30. The van der Waals surface area contributed by atoms with E-state index in [1.165, 1.54) is 62.8 Å². The minimum absolute atomic E-state index is 0.336. The molecular weight excluding hydrogens is 899 g/mol. The Bertz CT molecular complexity index is 2880. The first kappa shape index (κ1) is 46.3. The van der Waals surface area contributed by atoms with E-state index >= 15 is 0 Å². The van der Waals surface area contributed by atoms with Crippen LogP contribution in [0.3, 0.4) is 0 Å². The molecule has 0 aliphatic rings. The van der Waals surface area contributed by atoms with E-state index in [1.807, 2.05) is 24.3 Å². The van der Waals surface area contributed by atoms with Crippen molar-refractivity contribution in [1.29, 1.82) is 0 Å². The lowest BCUT2D eigenvalue weighted by atomic mass is 9.97. The molecule has 0 saturated heterocycles. The molecule has 8 rings (SSSR count). The van der Waals surface area contributed by atoms with Gasteiger partial charge in [0, 0.05) is 45.4 Å². The largest absolute Gasteiger partial charge is 0.573 e. The lowest BCUT2D eigenvalue weighted by molar-refractivity contribution is -0.275. The Labute approximate surface area is 384 Å². The van der Waals surface area contributed by atoms with Gasteiger partial charge in [0.15, 0.2) is 0 Å². The summed E-state index contributed by atoms with van der Waals surface area (Å²) in [7, 11) is 3.06. The normalized spacial score (nSPS) is 11.6. The molecule has 2 aromatic heterocycles. The average molecular weight is 937 g/mol. The number of aryl methyl sites for hydroxylation is 2. The molecule has 348 valence electrons. The molecule has 6 aromatic carbocycles. The molecule has 0 fully saturated rings. The van der Waals surface area contributed by atoms with Crippen LogP contribution in [-0.2, 0) is 9.47 Å². The first-order valence-electron chi connectivity index (χ1n) is 20.5. The maximum absolute atomic E-state index is 13.1. The predicted octanol–water partition coefficient (Wildman–Crippen LogP) is 13.4. The molecule has 11 nitrogen and oxygen atoms in total. The van der Waals surface area contributed by atoms with Crippen LogP contribution in [0.4, 0.5) is 31.1 Å². The summed E-state index contributed by atoms with van der Waals surface area (Å²) in [6.07, 6.45) is -10.7. The summed E-state index contributed by atoms with van der Waals surface area (Å²) in [4.78, 5) is 22.7. The molecule has 0 N–H and O–H groups in total. The number of halogens is 6. The lowest BCUT2D eigenvalue weighted by Crippen LogP contribution is -2.16. The van der Waals surface area contributed by atoms with Crippen LogP contribution in [0.1, 0.15) is 11.4 Å². The van der Waals surface area contributed by atoms with Crippen LogP contribution in [0.15, 0.2) is 133 Å². The van der Waals surface area contributed by atoms with Gasteiger partial charge in [-0.2, -0.15) is 0 Å². The highest BCUT2D eigenvalue weighted by Gasteiger charge is 2.32. The Kier molecular flexibility index (Phi) is 13.2. The summed E-state index contributed by atoms with van der Waals surface area (Å²) in [5.74, 6) is 1.14. The fourth-order valence-corrected chi connectivity index (χ4v) is 7.57. The number of carbonyl (C=O) groups excluding carboxylic acids is 1. The van der Waals surface area contributed by atoms with Crippen molar-refractivity contribution < 1.29 is 69.0 Å². The minimum atomic E-state index is -4.81. The van der Waals surface area contributed by atoms with Gasteiger partial charge in [-0.15, -0.1) is 26.3 Å².